The number of imidazole rings is 1. The SMILES string of the molecule is Cc1nc2cc(-c3nsnc3N)ccc2n1C. The van der Waals surface area contributed by atoms with Crippen LogP contribution >= 0.6 is 11.7 Å². The van der Waals surface area contributed by atoms with E-state index in [2.05, 4.69) is 18.3 Å². The molecule has 0 atom stereocenters. The van der Waals surface area contributed by atoms with E-state index in [0.29, 0.717) is 5.82 Å². The predicted molar refractivity (Wildman–Crippen MR) is 68.8 cm³/mol. The van der Waals surface area contributed by atoms with Crippen LogP contribution in [-0.4, -0.2) is 18.3 Å². The molecule has 17 heavy (non-hydrogen) atoms. The van der Waals surface area contributed by atoms with Crippen molar-refractivity contribution in [1.29, 1.82) is 0 Å². The van der Waals surface area contributed by atoms with Gasteiger partial charge in [0.2, 0.25) is 0 Å². The van der Waals surface area contributed by atoms with Gasteiger partial charge in [0.15, 0.2) is 5.82 Å². The van der Waals surface area contributed by atoms with Gasteiger partial charge in [-0.1, -0.05) is 6.07 Å². The normalized spacial score (nSPS) is 11.2. The second-order valence-corrected chi connectivity index (χ2v) is 4.45. The van der Waals surface area contributed by atoms with E-state index in [9.17, 15) is 0 Å². The first-order chi connectivity index (χ1) is 8.16. The average Bonchev–Trinajstić information content (AvgIpc) is 2.84. The zero-order valence-electron chi connectivity index (χ0n) is 9.51. The van der Waals surface area contributed by atoms with Crippen molar-refractivity contribution >= 4 is 28.6 Å². The molecule has 0 radical (unpaired) electrons. The average molecular weight is 245 g/mol. The minimum Gasteiger partial charge on any atom is -0.381 e. The summed E-state index contributed by atoms with van der Waals surface area (Å²) >= 11 is 1.12. The lowest BCUT2D eigenvalue weighted by atomic mass is 10.1. The van der Waals surface area contributed by atoms with E-state index in [1.807, 2.05) is 32.2 Å². The van der Waals surface area contributed by atoms with Gasteiger partial charge < -0.3 is 10.3 Å². The maximum absolute atomic E-state index is 5.76. The molecule has 2 aromatic heterocycles. The second-order valence-electron chi connectivity index (χ2n) is 3.92. The van der Waals surface area contributed by atoms with Gasteiger partial charge in [-0.25, -0.2) is 4.98 Å². The fourth-order valence-corrected chi connectivity index (χ4v) is 2.36. The van der Waals surface area contributed by atoms with Crippen molar-refractivity contribution < 1.29 is 0 Å². The van der Waals surface area contributed by atoms with E-state index in [1.165, 1.54) is 0 Å². The van der Waals surface area contributed by atoms with Crippen LogP contribution < -0.4 is 5.73 Å². The van der Waals surface area contributed by atoms with Crippen molar-refractivity contribution in [3.63, 3.8) is 0 Å². The Morgan fingerprint density at radius 2 is 2.12 bits per heavy atom. The fourth-order valence-electron chi connectivity index (χ4n) is 1.86. The summed E-state index contributed by atoms with van der Waals surface area (Å²) in [6.45, 7) is 1.98. The predicted octanol–water partition coefficient (Wildman–Crippen LogP) is 1.98. The molecule has 0 aliphatic heterocycles. The Hall–Kier alpha value is -1.95. The third kappa shape index (κ3) is 1.49. The summed E-state index contributed by atoms with van der Waals surface area (Å²) in [6, 6.07) is 6.02. The number of benzene rings is 1. The lowest BCUT2D eigenvalue weighted by Gasteiger charge is -1.99. The summed E-state index contributed by atoms with van der Waals surface area (Å²) in [6.07, 6.45) is 0. The van der Waals surface area contributed by atoms with Crippen LogP contribution in [0.2, 0.25) is 0 Å². The minimum absolute atomic E-state index is 0.474. The van der Waals surface area contributed by atoms with Crippen molar-refractivity contribution in [2.24, 2.45) is 7.05 Å². The van der Waals surface area contributed by atoms with Gasteiger partial charge in [0.05, 0.1) is 22.8 Å². The number of aromatic nitrogens is 4. The van der Waals surface area contributed by atoms with E-state index < -0.39 is 0 Å². The number of hydrogen-bond donors (Lipinski definition) is 1. The molecule has 0 aliphatic rings. The van der Waals surface area contributed by atoms with Crippen LogP contribution in [0.25, 0.3) is 22.3 Å². The molecule has 3 aromatic rings. The standard InChI is InChI=1S/C11H11N5S/c1-6-13-8-5-7(3-4-9(8)16(6)2)10-11(12)15-17-14-10/h3-5H,1-2H3,(H2,12,15). The lowest BCUT2D eigenvalue weighted by Crippen LogP contribution is -1.90. The molecule has 2 N–H and O–H groups in total. The largest absolute Gasteiger partial charge is 0.381 e. The first-order valence-corrected chi connectivity index (χ1v) is 5.91. The Morgan fingerprint density at radius 3 is 2.82 bits per heavy atom. The molecule has 0 saturated carbocycles. The number of fused-ring (bicyclic) bond motifs is 1. The molecule has 0 amide bonds. The Morgan fingerprint density at radius 1 is 1.29 bits per heavy atom. The highest BCUT2D eigenvalue weighted by Crippen LogP contribution is 2.26. The zero-order chi connectivity index (χ0) is 12.0. The molecule has 0 aliphatic carbocycles. The van der Waals surface area contributed by atoms with Crippen LogP contribution in [0.3, 0.4) is 0 Å². The molecule has 0 spiro atoms. The molecular weight excluding hydrogens is 234 g/mol. The topological polar surface area (TPSA) is 69.6 Å². The Balaban J connectivity index is 2.24. The van der Waals surface area contributed by atoms with Gasteiger partial charge in [-0.05, 0) is 19.1 Å². The summed E-state index contributed by atoms with van der Waals surface area (Å²) in [7, 11) is 2.00. The van der Waals surface area contributed by atoms with E-state index in [0.717, 1.165) is 39.8 Å². The minimum atomic E-state index is 0.474. The van der Waals surface area contributed by atoms with Gasteiger partial charge in [0, 0.05) is 12.6 Å². The van der Waals surface area contributed by atoms with Crippen molar-refractivity contribution in [2.75, 3.05) is 5.73 Å². The highest BCUT2D eigenvalue weighted by atomic mass is 32.1. The van der Waals surface area contributed by atoms with Gasteiger partial charge in [0.25, 0.3) is 0 Å². The molecule has 0 unspecified atom stereocenters. The first-order valence-electron chi connectivity index (χ1n) is 5.18. The first kappa shape index (κ1) is 10.2. The van der Waals surface area contributed by atoms with Crippen molar-refractivity contribution in [2.45, 2.75) is 6.92 Å². The van der Waals surface area contributed by atoms with E-state index in [-0.39, 0.29) is 0 Å². The van der Waals surface area contributed by atoms with Crippen LogP contribution in [-0.2, 0) is 7.05 Å². The number of nitrogens with two attached hydrogens (primary N) is 1. The fraction of sp³-hybridized carbons (Fsp3) is 0.182. The van der Waals surface area contributed by atoms with Crippen molar-refractivity contribution in [3.05, 3.63) is 24.0 Å². The van der Waals surface area contributed by atoms with Gasteiger partial charge in [-0.2, -0.15) is 8.75 Å². The maximum Gasteiger partial charge on any atom is 0.165 e. The van der Waals surface area contributed by atoms with Crippen molar-refractivity contribution in [1.82, 2.24) is 18.3 Å². The monoisotopic (exact) mass is 245 g/mol. The third-order valence-corrected chi connectivity index (χ3v) is 3.43. The number of nitrogens with zero attached hydrogens (tertiary/aromatic N) is 4. The smallest absolute Gasteiger partial charge is 0.165 e. The molecule has 0 fully saturated rings. The molecule has 1 aromatic carbocycles. The van der Waals surface area contributed by atoms with E-state index in [4.69, 9.17) is 5.73 Å². The summed E-state index contributed by atoms with van der Waals surface area (Å²) in [4.78, 5) is 4.49. The molecule has 3 rings (SSSR count). The third-order valence-electron chi connectivity index (χ3n) is 2.89. The van der Waals surface area contributed by atoms with Crippen LogP contribution in [0.5, 0.6) is 0 Å². The lowest BCUT2D eigenvalue weighted by molar-refractivity contribution is 0.886. The van der Waals surface area contributed by atoms with Crippen LogP contribution in [0, 0.1) is 6.92 Å². The molecular formula is C11H11N5S. The number of aryl methyl sites for hydroxylation is 2. The maximum atomic E-state index is 5.76. The number of nitrogen functional groups attached to an aromatic ring is 1. The molecule has 86 valence electrons. The van der Waals surface area contributed by atoms with Gasteiger partial charge >= 0.3 is 0 Å². The molecule has 0 bridgehead atoms. The Bertz CT molecular complexity index is 697. The number of anilines is 1. The number of rotatable bonds is 1. The molecule has 6 heteroatoms. The summed E-state index contributed by atoms with van der Waals surface area (Å²) in [5.41, 5.74) is 9.52. The summed E-state index contributed by atoms with van der Waals surface area (Å²) in [5.74, 6) is 1.46. The van der Waals surface area contributed by atoms with Crippen LogP contribution in [0.15, 0.2) is 18.2 Å². The van der Waals surface area contributed by atoms with E-state index in [1.54, 1.807) is 0 Å². The van der Waals surface area contributed by atoms with Gasteiger partial charge in [-0.3, -0.25) is 0 Å². The number of hydrogen-bond acceptors (Lipinski definition) is 5. The highest BCUT2D eigenvalue weighted by Gasteiger charge is 2.10. The molecule has 5 nitrogen and oxygen atoms in total. The quantitative estimate of drug-likeness (QED) is 0.711. The summed E-state index contributed by atoms with van der Waals surface area (Å²) in [5, 5.41) is 0. The molecule has 2 heterocycles. The zero-order valence-corrected chi connectivity index (χ0v) is 10.3. The van der Waals surface area contributed by atoms with Crippen LogP contribution in [0.4, 0.5) is 5.82 Å². The Labute approximate surface area is 102 Å². The summed E-state index contributed by atoms with van der Waals surface area (Å²) < 4.78 is 10.2. The molecule has 0 saturated heterocycles. The van der Waals surface area contributed by atoms with Gasteiger partial charge in [-0.15, -0.1) is 0 Å². The highest BCUT2D eigenvalue weighted by molar-refractivity contribution is 6.99. The van der Waals surface area contributed by atoms with Crippen LogP contribution in [0.1, 0.15) is 5.82 Å². The Kier molecular flexibility index (Phi) is 2.12. The van der Waals surface area contributed by atoms with E-state index >= 15 is 0 Å². The van der Waals surface area contributed by atoms with Crippen molar-refractivity contribution in [3.8, 4) is 11.3 Å². The van der Waals surface area contributed by atoms with Gasteiger partial charge in [0.1, 0.15) is 11.5 Å². The second kappa shape index (κ2) is 3.53.